The minimum absolute atomic E-state index is 0.193. The van der Waals surface area contributed by atoms with E-state index in [0.29, 0.717) is 6.54 Å². The van der Waals surface area contributed by atoms with Crippen LogP contribution < -0.4 is 0 Å². The maximum atomic E-state index is 12.0. The van der Waals surface area contributed by atoms with Crippen LogP contribution in [-0.2, 0) is 0 Å². The number of Topliss-reactive ketones (excluding diaryl/α,β-unsaturated/α-hetero) is 1. The second-order valence-corrected chi connectivity index (χ2v) is 6.07. The monoisotopic (exact) mass is 360 g/mol. The summed E-state index contributed by atoms with van der Waals surface area (Å²) in [7, 11) is 6.13. The summed E-state index contributed by atoms with van der Waals surface area (Å²) in [5, 5.41) is 0. The molecule has 18 heavy (non-hydrogen) atoms. The van der Waals surface area contributed by atoms with Gasteiger partial charge in [-0.1, -0.05) is 12.1 Å². The van der Waals surface area contributed by atoms with Crippen LogP contribution in [-0.4, -0.2) is 56.4 Å². The molecule has 0 unspecified atom stereocenters. The van der Waals surface area contributed by atoms with Crippen molar-refractivity contribution in [2.24, 2.45) is 0 Å². The molecule has 0 aliphatic carbocycles. The van der Waals surface area contributed by atoms with Gasteiger partial charge >= 0.3 is 0 Å². The first-order valence-electron chi connectivity index (χ1n) is 6.11. The molecule has 0 saturated carbocycles. The van der Waals surface area contributed by atoms with Gasteiger partial charge in [-0.15, -0.1) is 0 Å². The second-order valence-electron chi connectivity index (χ2n) is 4.82. The summed E-state index contributed by atoms with van der Waals surface area (Å²) < 4.78 is 1.16. The smallest absolute Gasteiger partial charge is 0.176 e. The second kappa shape index (κ2) is 7.86. The van der Waals surface area contributed by atoms with Gasteiger partial charge in [-0.3, -0.25) is 9.69 Å². The topological polar surface area (TPSA) is 23.6 Å². The number of halogens is 1. The van der Waals surface area contributed by atoms with Gasteiger partial charge in [0.05, 0.1) is 6.54 Å². The van der Waals surface area contributed by atoms with Crippen molar-refractivity contribution in [3.05, 3.63) is 33.4 Å². The summed E-state index contributed by atoms with van der Waals surface area (Å²) >= 11 is 2.24. The number of hydrogen-bond donors (Lipinski definition) is 0. The molecule has 0 aliphatic heterocycles. The fourth-order valence-corrected chi connectivity index (χ4v) is 2.07. The third-order valence-electron chi connectivity index (χ3n) is 2.72. The van der Waals surface area contributed by atoms with Crippen molar-refractivity contribution in [1.29, 1.82) is 0 Å². The lowest BCUT2D eigenvalue weighted by Crippen LogP contribution is -2.29. The maximum absolute atomic E-state index is 12.0. The van der Waals surface area contributed by atoms with Gasteiger partial charge in [-0.25, -0.2) is 0 Å². The molecule has 3 nitrogen and oxygen atoms in total. The first kappa shape index (κ1) is 15.6. The highest BCUT2D eigenvalue weighted by Gasteiger charge is 2.08. The maximum Gasteiger partial charge on any atom is 0.176 e. The molecule has 0 spiro atoms. The lowest BCUT2D eigenvalue weighted by Gasteiger charge is -2.17. The molecule has 1 aromatic carbocycles. The van der Waals surface area contributed by atoms with Gasteiger partial charge < -0.3 is 4.90 Å². The summed E-state index contributed by atoms with van der Waals surface area (Å²) in [6, 6.07) is 7.75. The number of carbonyl (C=O) groups is 1. The van der Waals surface area contributed by atoms with E-state index < -0.39 is 0 Å². The Balaban J connectivity index is 2.37. The van der Waals surface area contributed by atoms with Crippen molar-refractivity contribution in [3.8, 4) is 0 Å². The minimum atomic E-state index is 0.193. The van der Waals surface area contributed by atoms with Crippen LogP contribution in [0.25, 0.3) is 0 Å². The lowest BCUT2D eigenvalue weighted by molar-refractivity contribution is 0.0944. The van der Waals surface area contributed by atoms with Gasteiger partial charge in [-0.2, -0.15) is 0 Å². The highest BCUT2D eigenvalue weighted by molar-refractivity contribution is 14.1. The molecule has 0 aromatic heterocycles. The van der Waals surface area contributed by atoms with Gasteiger partial charge in [0, 0.05) is 9.13 Å². The van der Waals surface area contributed by atoms with E-state index in [0.717, 1.165) is 28.6 Å². The van der Waals surface area contributed by atoms with E-state index in [9.17, 15) is 4.79 Å². The molecule has 0 bridgehead atoms. The van der Waals surface area contributed by atoms with Crippen molar-refractivity contribution in [3.63, 3.8) is 0 Å². The fraction of sp³-hybridized carbons (Fsp3) is 0.500. The summed E-state index contributed by atoms with van der Waals surface area (Å²) in [5.74, 6) is 0.193. The molecular formula is C14H21IN2O. The van der Waals surface area contributed by atoms with E-state index in [2.05, 4.69) is 46.5 Å². The number of hydrogen-bond acceptors (Lipinski definition) is 3. The number of carbonyl (C=O) groups excluding carboxylic acids is 1. The van der Waals surface area contributed by atoms with E-state index in [1.807, 2.05) is 31.3 Å². The van der Waals surface area contributed by atoms with Crippen LogP contribution in [0.1, 0.15) is 16.8 Å². The van der Waals surface area contributed by atoms with Gasteiger partial charge in [-0.05, 0) is 75.4 Å². The quantitative estimate of drug-likeness (QED) is 0.551. The lowest BCUT2D eigenvalue weighted by atomic mass is 10.1. The molecule has 100 valence electrons. The van der Waals surface area contributed by atoms with Crippen molar-refractivity contribution in [2.75, 3.05) is 40.8 Å². The van der Waals surface area contributed by atoms with Crippen LogP contribution in [0.4, 0.5) is 0 Å². The number of rotatable bonds is 7. The van der Waals surface area contributed by atoms with Gasteiger partial charge in [0.25, 0.3) is 0 Å². The number of ketones is 1. The molecule has 0 aliphatic rings. The zero-order valence-electron chi connectivity index (χ0n) is 11.3. The number of likely N-dealkylation sites (N-methyl/N-ethyl adjacent to an activating group) is 1. The molecule has 4 heteroatoms. The van der Waals surface area contributed by atoms with Crippen LogP contribution in [0.2, 0.25) is 0 Å². The van der Waals surface area contributed by atoms with Crippen molar-refractivity contribution in [1.82, 2.24) is 9.80 Å². The molecule has 0 fully saturated rings. The van der Waals surface area contributed by atoms with E-state index >= 15 is 0 Å². The molecular weight excluding hydrogens is 339 g/mol. The van der Waals surface area contributed by atoms with Gasteiger partial charge in [0.15, 0.2) is 5.78 Å². The van der Waals surface area contributed by atoms with Crippen molar-refractivity contribution >= 4 is 28.4 Å². The fourth-order valence-electron chi connectivity index (χ4n) is 1.71. The molecule has 0 amide bonds. The van der Waals surface area contributed by atoms with Crippen LogP contribution in [0.5, 0.6) is 0 Å². The standard InChI is InChI=1S/C14H21IN2O/c1-16(2)9-4-10-17(3)11-14(18)12-5-7-13(15)8-6-12/h5-8H,4,9-11H2,1-3H3. The largest absolute Gasteiger partial charge is 0.309 e. The van der Waals surface area contributed by atoms with Crippen LogP contribution >= 0.6 is 22.6 Å². The predicted octanol–water partition coefficient (Wildman–Crippen LogP) is 2.36. The minimum Gasteiger partial charge on any atom is -0.309 e. The zero-order chi connectivity index (χ0) is 13.5. The Morgan fingerprint density at radius 3 is 2.28 bits per heavy atom. The SMILES string of the molecule is CN(C)CCCN(C)CC(=O)c1ccc(I)cc1. The van der Waals surface area contributed by atoms with Gasteiger partial charge in [0.1, 0.15) is 0 Å². The van der Waals surface area contributed by atoms with E-state index in [4.69, 9.17) is 0 Å². The van der Waals surface area contributed by atoms with E-state index in [1.165, 1.54) is 0 Å². The molecule has 0 atom stereocenters. The summed E-state index contributed by atoms with van der Waals surface area (Å²) in [6.07, 6.45) is 1.09. The first-order chi connectivity index (χ1) is 8.49. The van der Waals surface area contributed by atoms with Crippen LogP contribution in [0, 0.1) is 3.57 Å². The molecule has 0 N–H and O–H groups in total. The molecule has 1 rings (SSSR count). The summed E-state index contributed by atoms with van der Waals surface area (Å²) in [5.41, 5.74) is 0.801. The summed E-state index contributed by atoms with van der Waals surface area (Å²) in [6.45, 7) is 2.50. The Kier molecular flexibility index (Phi) is 6.81. The summed E-state index contributed by atoms with van der Waals surface area (Å²) in [4.78, 5) is 16.3. The molecule has 0 saturated heterocycles. The highest BCUT2D eigenvalue weighted by atomic mass is 127. The molecule has 0 heterocycles. The Morgan fingerprint density at radius 2 is 1.72 bits per heavy atom. The predicted molar refractivity (Wildman–Crippen MR) is 84.2 cm³/mol. The Morgan fingerprint density at radius 1 is 1.11 bits per heavy atom. The molecule has 0 radical (unpaired) electrons. The van der Waals surface area contributed by atoms with E-state index in [1.54, 1.807) is 0 Å². The third-order valence-corrected chi connectivity index (χ3v) is 3.44. The van der Waals surface area contributed by atoms with Crippen molar-refractivity contribution in [2.45, 2.75) is 6.42 Å². The highest BCUT2D eigenvalue weighted by Crippen LogP contribution is 2.08. The van der Waals surface area contributed by atoms with Crippen molar-refractivity contribution < 1.29 is 4.79 Å². The number of nitrogens with zero attached hydrogens (tertiary/aromatic N) is 2. The van der Waals surface area contributed by atoms with Crippen LogP contribution in [0.3, 0.4) is 0 Å². The Bertz CT molecular complexity index is 376. The number of benzene rings is 1. The Labute approximate surface area is 123 Å². The average molecular weight is 360 g/mol. The van der Waals surface area contributed by atoms with E-state index in [-0.39, 0.29) is 5.78 Å². The average Bonchev–Trinajstić information content (AvgIpc) is 2.29. The Hall–Kier alpha value is -0.460. The van der Waals surface area contributed by atoms with Gasteiger partial charge in [0.2, 0.25) is 0 Å². The normalized spacial score (nSPS) is 11.2. The third kappa shape index (κ3) is 5.93. The van der Waals surface area contributed by atoms with Crippen LogP contribution in [0.15, 0.2) is 24.3 Å². The zero-order valence-corrected chi connectivity index (χ0v) is 13.5. The molecule has 1 aromatic rings. The first-order valence-corrected chi connectivity index (χ1v) is 7.19.